The summed E-state index contributed by atoms with van der Waals surface area (Å²) in [6.07, 6.45) is 0.850. The molecule has 0 saturated carbocycles. The fourth-order valence-electron chi connectivity index (χ4n) is 2.59. The quantitative estimate of drug-likeness (QED) is 0.908. The van der Waals surface area contributed by atoms with E-state index in [-0.39, 0.29) is 24.3 Å². The minimum absolute atomic E-state index is 0.0231. The molecule has 2 atom stereocenters. The van der Waals surface area contributed by atoms with Gasteiger partial charge < -0.3 is 10.2 Å². The predicted molar refractivity (Wildman–Crippen MR) is 87.4 cm³/mol. The highest BCUT2D eigenvalue weighted by molar-refractivity contribution is 9.10. The smallest absolute Gasteiger partial charge is 0.250 e. The van der Waals surface area contributed by atoms with Gasteiger partial charge in [-0.1, -0.05) is 36.2 Å². The summed E-state index contributed by atoms with van der Waals surface area (Å²) in [4.78, 5) is 26.2. The van der Waals surface area contributed by atoms with Crippen LogP contribution in [-0.2, 0) is 9.59 Å². The number of piperazine rings is 1. The number of nitrogens with one attached hydrogen (secondary N) is 1. The lowest BCUT2D eigenvalue weighted by Gasteiger charge is -2.35. The average Bonchev–Trinajstić information content (AvgIpc) is 2.45. The minimum atomic E-state index is -0.430. The zero-order valence-corrected chi connectivity index (χ0v) is 14.5. The first kappa shape index (κ1) is 16.0. The van der Waals surface area contributed by atoms with Crippen LogP contribution in [0, 0.1) is 19.8 Å². The van der Waals surface area contributed by atoms with Crippen molar-refractivity contribution in [1.29, 1.82) is 0 Å². The van der Waals surface area contributed by atoms with Crippen LogP contribution in [-0.4, -0.2) is 24.4 Å². The number of hydrogen-bond donors (Lipinski definition) is 1. The summed E-state index contributed by atoms with van der Waals surface area (Å²) in [5.74, 6) is 0.00471. The molecule has 4 nitrogen and oxygen atoms in total. The van der Waals surface area contributed by atoms with Crippen LogP contribution >= 0.6 is 15.9 Å². The van der Waals surface area contributed by atoms with Gasteiger partial charge in [0.15, 0.2) is 0 Å². The Bertz CT molecular complexity index is 563. The Kier molecular flexibility index (Phi) is 4.71. The van der Waals surface area contributed by atoms with Crippen LogP contribution in [0.15, 0.2) is 16.6 Å². The average molecular weight is 353 g/mol. The van der Waals surface area contributed by atoms with Crippen LogP contribution < -0.4 is 10.2 Å². The molecule has 2 amide bonds. The first-order valence-electron chi connectivity index (χ1n) is 7.22. The van der Waals surface area contributed by atoms with Gasteiger partial charge in [-0.05, 0) is 43.0 Å². The molecule has 0 bridgehead atoms. The molecule has 2 rings (SSSR count). The van der Waals surface area contributed by atoms with Gasteiger partial charge in [0, 0.05) is 10.2 Å². The molecule has 1 aliphatic heterocycles. The second-order valence-electron chi connectivity index (χ2n) is 5.75. The number of carbonyl (C=O) groups is 2. The summed E-state index contributed by atoms with van der Waals surface area (Å²) in [6, 6.07) is 3.46. The highest BCUT2D eigenvalue weighted by atomic mass is 79.9. The summed E-state index contributed by atoms with van der Waals surface area (Å²) >= 11 is 3.53. The SMILES string of the molecule is CCC(C)C1NC(=O)CN(c2cc(C)c(Br)c(C)c2)C1=O. The first-order valence-corrected chi connectivity index (χ1v) is 8.02. The number of halogens is 1. The maximum absolute atomic E-state index is 12.7. The number of anilines is 1. The number of rotatable bonds is 3. The van der Waals surface area contributed by atoms with Crippen molar-refractivity contribution >= 4 is 33.4 Å². The third kappa shape index (κ3) is 3.12. The summed E-state index contributed by atoms with van der Waals surface area (Å²) in [5.41, 5.74) is 2.91. The normalized spacial score (nSPS) is 20.4. The molecular formula is C16H21BrN2O2. The Morgan fingerprint density at radius 2 is 1.90 bits per heavy atom. The standard InChI is InChI=1S/C16H21BrN2O2/c1-5-9(2)15-16(21)19(8-13(20)18-15)12-6-10(3)14(17)11(4)7-12/h6-7,9,15H,5,8H2,1-4H3,(H,18,20). The van der Waals surface area contributed by atoms with Crippen molar-refractivity contribution in [2.45, 2.75) is 40.2 Å². The fourth-order valence-corrected chi connectivity index (χ4v) is 2.82. The Balaban J connectivity index is 2.38. The zero-order chi connectivity index (χ0) is 15.7. The molecule has 1 N–H and O–H groups in total. The second kappa shape index (κ2) is 6.18. The van der Waals surface area contributed by atoms with Gasteiger partial charge in [0.05, 0.1) is 0 Å². The minimum Gasteiger partial charge on any atom is -0.342 e. The molecule has 1 aromatic carbocycles. The zero-order valence-electron chi connectivity index (χ0n) is 12.9. The lowest BCUT2D eigenvalue weighted by atomic mass is 9.95. The Hall–Kier alpha value is -1.36. The Morgan fingerprint density at radius 1 is 1.33 bits per heavy atom. The summed E-state index contributed by atoms with van der Waals surface area (Å²) in [6.45, 7) is 8.08. The summed E-state index contributed by atoms with van der Waals surface area (Å²) in [5, 5.41) is 2.82. The van der Waals surface area contributed by atoms with E-state index in [0.717, 1.165) is 27.7 Å². The van der Waals surface area contributed by atoms with Gasteiger partial charge in [-0.25, -0.2) is 0 Å². The van der Waals surface area contributed by atoms with Gasteiger partial charge in [-0.3, -0.25) is 9.59 Å². The highest BCUT2D eigenvalue weighted by Crippen LogP contribution is 2.29. The van der Waals surface area contributed by atoms with Crippen molar-refractivity contribution < 1.29 is 9.59 Å². The predicted octanol–water partition coefficient (Wildman–Crippen LogP) is 2.94. The molecule has 5 heteroatoms. The van der Waals surface area contributed by atoms with Crippen molar-refractivity contribution in [1.82, 2.24) is 5.32 Å². The van der Waals surface area contributed by atoms with E-state index in [1.54, 1.807) is 4.90 Å². The Labute approximate surface area is 134 Å². The first-order chi connectivity index (χ1) is 9.85. The summed E-state index contributed by atoms with van der Waals surface area (Å²) in [7, 11) is 0. The molecule has 0 aliphatic carbocycles. The van der Waals surface area contributed by atoms with Gasteiger partial charge in [0.1, 0.15) is 12.6 Å². The van der Waals surface area contributed by atoms with E-state index in [1.807, 2.05) is 39.8 Å². The molecule has 21 heavy (non-hydrogen) atoms. The van der Waals surface area contributed by atoms with E-state index in [9.17, 15) is 9.59 Å². The van der Waals surface area contributed by atoms with Crippen molar-refractivity contribution in [2.75, 3.05) is 11.4 Å². The molecule has 1 aromatic rings. The van der Waals surface area contributed by atoms with Crippen molar-refractivity contribution in [2.24, 2.45) is 5.92 Å². The number of hydrogen-bond acceptors (Lipinski definition) is 2. The van der Waals surface area contributed by atoms with Crippen LogP contribution in [0.3, 0.4) is 0 Å². The number of carbonyl (C=O) groups excluding carboxylic acids is 2. The van der Waals surface area contributed by atoms with Crippen molar-refractivity contribution in [3.05, 3.63) is 27.7 Å². The van der Waals surface area contributed by atoms with Crippen LogP contribution in [0.4, 0.5) is 5.69 Å². The Morgan fingerprint density at radius 3 is 2.43 bits per heavy atom. The number of benzene rings is 1. The second-order valence-corrected chi connectivity index (χ2v) is 6.54. The van der Waals surface area contributed by atoms with Gasteiger partial charge >= 0.3 is 0 Å². The molecule has 2 unspecified atom stereocenters. The highest BCUT2D eigenvalue weighted by Gasteiger charge is 2.36. The van der Waals surface area contributed by atoms with Gasteiger partial charge in [0.2, 0.25) is 11.8 Å². The van der Waals surface area contributed by atoms with Crippen LogP contribution in [0.25, 0.3) is 0 Å². The molecule has 0 aromatic heterocycles. The summed E-state index contributed by atoms with van der Waals surface area (Å²) < 4.78 is 1.04. The van der Waals surface area contributed by atoms with E-state index in [1.165, 1.54) is 0 Å². The van der Waals surface area contributed by atoms with E-state index >= 15 is 0 Å². The molecular weight excluding hydrogens is 332 g/mol. The lowest BCUT2D eigenvalue weighted by Crippen LogP contribution is -2.60. The fraction of sp³-hybridized carbons (Fsp3) is 0.500. The molecule has 0 radical (unpaired) electrons. The topological polar surface area (TPSA) is 49.4 Å². The third-order valence-corrected chi connectivity index (χ3v) is 5.35. The van der Waals surface area contributed by atoms with E-state index in [2.05, 4.69) is 21.2 Å². The van der Waals surface area contributed by atoms with Crippen LogP contribution in [0.1, 0.15) is 31.4 Å². The monoisotopic (exact) mass is 352 g/mol. The maximum Gasteiger partial charge on any atom is 0.250 e. The third-order valence-electron chi connectivity index (χ3n) is 4.10. The number of amides is 2. The number of nitrogens with zero attached hydrogens (tertiary/aromatic N) is 1. The van der Waals surface area contributed by atoms with E-state index < -0.39 is 6.04 Å². The largest absolute Gasteiger partial charge is 0.342 e. The van der Waals surface area contributed by atoms with Gasteiger partial charge in [0.25, 0.3) is 0 Å². The van der Waals surface area contributed by atoms with Crippen LogP contribution in [0.5, 0.6) is 0 Å². The number of aryl methyl sites for hydroxylation is 2. The molecule has 0 spiro atoms. The van der Waals surface area contributed by atoms with Crippen LogP contribution in [0.2, 0.25) is 0 Å². The lowest BCUT2D eigenvalue weighted by molar-refractivity contribution is -0.132. The molecule has 1 fully saturated rings. The molecule has 1 saturated heterocycles. The molecule has 114 valence electrons. The van der Waals surface area contributed by atoms with Crippen molar-refractivity contribution in [3.8, 4) is 0 Å². The van der Waals surface area contributed by atoms with E-state index in [0.29, 0.717) is 0 Å². The molecule has 1 heterocycles. The van der Waals surface area contributed by atoms with Gasteiger partial charge in [-0.15, -0.1) is 0 Å². The maximum atomic E-state index is 12.7. The van der Waals surface area contributed by atoms with E-state index in [4.69, 9.17) is 0 Å². The van der Waals surface area contributed by atoms with Crippen molar-refractivity contribution in [3.63, 3.8) is 0 Å². The van der Waals surface area contributed by atoms with Gasteiger partial charge in [-0.2, -0.15) is 0 Å². The molecule has 1 aliphatic rings.